The largest absolute Gasteiger partial charge is 0.330 e. The first kappa shape index (κ1) is 12.1. The zero-order valence-electron chi connectivity index (χ0n) is 9.24. The molecule has 3 N–H and O–H groups in total. The van der Waals surface area contributed by atoms with Crippen LogP contribution in [0.2, 0.25) is 0 Å². The SMILES string of the molecule is NCCC(=O)Nc1ccc(Br)c2ccccc12. The molecule has 3 nitrogen and oxygen atoms in total. The zero-order valence-corrected chi connectivity index (χ0v) is 10.8. The van der Waals surface area contributed by atoms with Crippen molar-refractivity contribution in [2.24, 2.45) is 5.73 Å². The number of halogens is 1. The van der Waals surface area contributed by atoms with Crippen molar-refractivity contribution in [3.63, 3.8) is 0 Å². The second kappa shape index (κ2) is 5.29. The molecular weight excluding hydrogens is 280 g/mol. The Bertz CT molecular complexity index is 554. The molecule has 2 aromatic carbocycles. The number of fused-ring (bicyclic) bond motifs is 1. The maximum absolute atomic E-state index is 11.5. The molecule has 0 aliphatic heterocycles. The van der Waals surface area contributed by atoms with Gasteiger partial charge in [0.05, 0.1) is 0 Å². The molecule has 0 aromatic heterocycles. The third-order valence-corrected chi connectivity index (χ3v) is 3.21. The lowest BCUT2D eigenvalue weighted by Crippen LogP contribution is -2.16. The van der Waals surface area contributed by atoms with Gasteiger partial charge in [0, 0.05) is 28.5 Å². The number of hydrogen-bond donors (Lipinski definition) is 2. The van der Waals surface area contributed by atoms with Crippen molar-refractivity contribution >= 4 is 38.3 Å². The summed E-state index contributed by atoms with van der Waals surface area (Å²) in [5.41, 5.74) is 6.17. The van der Waals surface area contributed by atoms with E-state index in [1.54, 1.807) is 0 Å². The Labute approximate surface area is 108 Å². The predicted molar refractivity (Wildman–Crippen MR) is 73.9 cm³/mol. The van der Waals surface area contributed by atoms with E-state index in [1.165, 1.54) is 0 Å². The Balaban J connectivity index is 2.41. The van der Waals surface area contributed by atoms with Gasteiger partial charge in [0.1, 0.15) is 0 Å². The van der Waals surface area contributed by atoms with Gasteiger partial charge in [0.25, 0.3) is 0 Å². The van der Waals surface area contributed by atoms with Crippen LogP contribution in [0.25, 0.3) is 10.8 Å². The van der Waals surface area contributed by atoms with Crippen LogP contribution >= 0.6 is 15.9 Å². The van der Waals surface area contributed by atoms with E-state index in [0.29, 0.717) is 13.0 Å². The zero-order chi connectivity index (χ0) is 12.3. The number of rotatable bonds is 3. The summed E-state index contributed by atoms with van der Waals surface area (Å²) in [6, 6.07) is 11.7. The molecule has 0 unspecified atom stereocenters. The second-order valence-corrected chi connectivity index (χ2v) is 4.58. The predicted octanol–water partition coefficient (Wildman–Crippen LogP) is 2.89. The molecule has 2 rings (SSSR count). The van der Waals surface area contributed by atoms with Crippen LogP contribution in [-0.4, -0.2) is 12.5 Å². The Morgan fingerprint density at radius 2 is 1.88 bits per heavy atom. The molecule has 0 atom stereocenters. The van der Waals surface area contributed by atoms with E-state index in [-0.39, 0.29) is 5.91 Å². The van der Waals surface area contributed by atoms with Crippen molar-refractivity contribution in [2.75, 3.05) is 11.9 Å². The average Bonchev–Trinajstić information content (AvgIpc) is 2.34. The first-order chi connectivity index (χ1) is 8.22. The van der Waals surface area contributed by atoms with Gasteiger partial charge >= 0.3 is 0 Å². The van der Waals surface area contributed by atoms with Crippen molar-refractivity contribution < 1.29 is 4.79 Å². The molecule has 88 valence electrons. The van der Waals surface area contributed by atoms with E-state index in [4.69, 9.17) is 5.73 Å². The van der Waals surface area contributed by atoms with Crippen LogP contribution in [0, 0.1) is 0 Å². The van der Waals surface area contributed by atoms with Gasteiger partial charge in [0.15, 0.2) is 0 Å². The van der Waals surface area contributed by atoms with Gasteiger partial charge in [-0.1, -0.05) is 40.2 Å². The van der Waals surface area contributed by atoms with E-state index < -0.39 is 0 Å². The summed E-state index contributed by atoms with van der Waals surface area (Å²) >= 11 is 3.50. The Kier molecular flexibility index (Phi) is 3.76. The van der Waals surface area contributed by atoms with Gasteiger partial charge in [-0.2, -0.15) is 0 Å². The highest BCUT2D eigenvalue weighted by molar-refractivity contribution is 9.10. The number of anilines is 1. The molecule has 0 spiro atoms. The van der Waals surface area contributed by atoms with E-state index in [1.807, 2.05) is 36.4 Å². The number of carbonyl (C=O) groups excluding carboxylic acids is 1. The van der Waals surface area contributed by atoms with Crippen LogP contribution in [-0.2, 0) is 4.79 Å². The van der Waals surface area contributed by atoms with E-state index >= 15 is 0 Å². The highest BCUT2D eigenvalue weighted by Crippen LogP contribution is 2.29. The summed E-state index contributed by atoms with van der Waals surface area (Å²) in [6.45, 7) is 0.361. The van der Waals surface area contributed by atoms with E-state index in [0.717, 1.165) is 20.9 Å². The Morgan fingerprint density at radius 3 is 2.59 bits per heavy atom. The number of nitrogens with two attached hydrogens (primary N) is 1. The van der Waals surface area contributed by atoms with E-state index in [2.05, 4.69) is 21.2 Å². The minimum absolute atomic E-state index is 0.0556. The summed E-state index contributed by atoms with van der Waals surface area (Å²) in [5, 5.41) is 4.98. The molecule has 2 aromatic rings. The summed E-state index contributed by atoms with van der Waals surface area (Å²) < 4.78 is 1.02. The first-order valence-corrected chi connectivity index (χ1v) is 6.19. The molecular formula is C13H13BrN2O. The van der Waals surface area contributed by atoms with Gasteiger partial charge in [-0.05, 0) is 17.5 Å². The molecule has 0 heterocycles. The number of benzene rings is 2. The molecule has 0 saturated heterocycles. The Hall–Kier alpha value is -1.39. The standard InChI is InChI=1S/C13H13BrN2O/c14-11-5-6-12(16-13(17)7-8-15)10-4-2-1-3-9(10)11/h1-6H,7-8,15H2,(H,16,17). The number of carbonyl (C=O) groups is 1. The minimum Gasteiger partial charge on any atom is -0.330 e. The minimum atomic E-state index is -0.0556. The van der Waals surface area contributed by atoms with Gasteiger partial charge in [-0.3, -0.25) is 4.79 Å². The third-order valence-electron chi connectivity index (χ3n) is 2.52. The van der Waals surface area contributed by atoms with E-state index in [9.17, 15) is 4.79 Å². The van der Waals surface area contributed by atoms with Crippen LogP contribution in [0.15, 0.2) is 40.9 Å². The molecule has 17 heavy (non-hydrogen) atoms. The van der Waals surface area contributed by atoms with Crippen LogP contribution < -0.4 is 11.1 Å². The van der Waals surface area contributed by atoms with Gasteiger partial charge in [-0.25, -0.2) is 0 Å². The quantitative estimate of drug-likeness (QED) is 0.914. The normalized spacial score (nSPS) is 10.5. The molecule has 0 aliphatic rings. The van der Waals surface area contributed by atoms with Gasteiger partial charge in [0.2, 0.25) is 5.91 Å². The molecule has 4 heteroatoms. The number of hydrogen-bond acceptors (Lipinski definition) is 2. The monoisotopic (exact) mass is 292 g/mol. The maximum atomic E-state index is 11.5. The summed E-state index contributed by atoms with van der Waals surface area (Å²) in [4.78, 5) is 11.5. The molecule has 0 radical (unpaired) electrons. The lowest BCUT2D eigenvalue weighted by Gasteiger charge is -2.09. The molecule has 1 amide bonds. The van der Waals surface area contributed by atoms with Crippen LogP contribution in [0.1, 0.15) is 6.42 Å². The van der Waals surface area contributed by atoms with Crippen molar-refractivity contribution in [3.8, 4) is 0 Å². The highest BCUT2D eigenvalue weighted by atomic mass is 79.9. The average molecular weight is 293 g/mol. The molecule has 0 aliphatic carbocycles. The van der Waals surface area contributed by atoms with Crippen molar-refractivity contribution in [3.05, 3.63) is 40.9 Å². The molecule has 0 bridgehead atoms. The van der Waals surface area contributed by atoms with Crippen LogP contribution in [0.4, 0.5) is 5.69 Å². The Morgan fingerprint density at radius 1 is 1.18 bits per heavy atom. The van der Waals surface area contributed by atoms with Crippen molar-refractivity contribution in [1.82, 2.24) is 0 Å². The molecule has 0 fully saturated rings. The third kappa shape index (κ3) is 2.65. The fourth-order valence-corrected chi connectivity index (χ4v) is 2.19. The maximum Gasteiger partial charge on any atom is 0.225 e. The second-order valence-electron chi connectivity index (χ2n) is 3.73. The molecule has 0 saturated carbocycles. The lowest BCUT2D eigenvalue weighted by molar-refractivity contribution is -0.116. The van der Waals surface area contributed by atoms with Gasteiger partial charge < -0.3 is 11.1 Å². The number of amides is 1. The number of nitrogens with one attached hydrogen (secondary N) is 1. The van der Waals surface area contributed by atoms with Crippen LogP contribution in [0.3, 0.4) is 0 Å². The smallest absolute Gasteiger partial charge is 0.225 e. The van der Waals surface area contributed by atoms with Crippen molar-refractivity contribution in [2.45, 2.75) is 6.42 Å². The van der Waals surface area contributed by atoms with Gasteiger partial charge in [-0.15, -0.1) is 0 Å². The summed E-state index contributed by atoms with van der Waals surface area (Å²) in [7, 11) is 0. The fourth-order valence-electron chi connectivity index (χ4n) is 1.72. The first-order valence-electron chi connectivity index (χ1n) is 5.39. The lowest BCUT2D eigenvalue weighted by atomic mass is 10.1. The summed E-state index contributed by atoms with van der Waals surface area (Å²) in [5.74, 6) is -0.0556. The van der Waals surface area contributed by atoms with Crippen LogP contribution in [0.5, 0.6) is 0 Å². The van der Waals surface area contributed by atoms with Crippen molar-refractivity contribution in [1.29, 1.82) is 0 Å². The topological polar surface area (TPSA) is 55.1 Å². The summed E-state index contributed by atoms with van der Waals surface area (Å²) in [6.07, 6.45) is 0.338. The fraction of sp³-hybridized carbons (Fsp3) is 0.154. The highest BCUT2D eigenvalue weighted by Gasteiger charge is 2.06.